The summed E-state index contributed by atoms with van der Waals surface area (Å²) < 4.78 is 12.6. The van der Waals surface area contributed by atoms with Crippen molar-refractivity contribution in [3.05, 3.63) is 28.4 Å². The lowest BCUT2D eigenvalue weighted by Gasteiger charge is -2.22. The molecule has 0 saturated carbocycles. The van der Waals surface area contributed by atoms with Gasteiger partial charge in [0, 0.05) is 18.2 Å². The van der Waals surface area contributed by atoms with E-state index in [1.165, 1.54) is 10.7 Å². The number of ether oxygens (including phenoxy) is 2. The molecule has 3 rings (SSSR count). The first-order valence-electron chi connectivity index (χ1n) is 6.35. The van der Waals surface area contributed by atoms with Gasteiger partial charge in [-0.15, -0.1) is 0 Å². The maximum atomic E-state index is 11.0. The largest absolute Gasteiger partial charge is 0.486 e. The molecule has 0 saturated heterocycles. The maximum absolute atomic E-state index is 11.0. The van der Waals surface area contributed by atoms with E-state index in [9.17, 15) is 4.79 Å². The first-order valence-corrected chi connectivity index (χ1v) is 6.73. The average molecular weight is 309 g/mol. The number of benzene rings is 1. The monoisotopic (exact) mass is 308 g/mol. The predicted octanol–water partition coefficient (Wildman–Crippen LogP) is 2.52. The highest BCUT2D eigenvalue weighted by Crippen LogP contribution is 2.43. The second-order valence-corrected chi connectivity index (χ2v) is 5.11. The average Bonchev–Trinajstić information content (AvgIpc) is 2.85. The van der Waals surface area contributed by atoms with Crippen LogP contribution in [0.4, 0.5) is 0 Å². The third kappa shape index (κ3) is 2.21. The maximum Gasteiger partial charge on any atom is 0.356 e. The normalized spacial score (nSPS) is 13.3. The number of halogens is 1. The molecule has 1 aliphatic rings. The van der Waals surface area contributed by atoms with Crippen LogP contribution in [-0.2, 0) is 7.05 Å². The standard InChI is InChI=1S/C14H13ClN2O4/c1-7-12(15)8(5-11-13(7)21-4-3-20-11)10-6-9(14(18)19)16-17(10)2/h5-6H,3-4H2,1-2H3,(H,18,19). The third-order valence-electron chi connectivity index (χ3n) is 3.37. The molecule has 0 spiro atoms. The van der Waals surface area contributed by atoms with Gasteiger partial charge in [0.05, 0.1) is 10.7 Å². The van der Waals surface area contributed by atoms with Crippen LogP contribution in [0.1, 0.15) is 16.1 Å². The van der Waals surface area contributed by atoms with Crippen molar-refractivity contribution >= 4 is 17.6 Å². The quantitative estimate of drug-likeness (QED) is 0.923. The Kier molecular flexibility index (Phi) is 3.25. The third-order valence-corrected chi connectivity index (χ3v) is 3.85. The Labute approximate surface area is 125 Å². The summed E-state index contributed by atoms with van der Waals surface area (Å²) in [6.45, 7) is 2.80. The summed E-state index contributed by atoms with van der Waals surface area (Å²) in [5, 5.41) is 13.5. The van der Waals surface area contributed by atoms with E-state index in [0.717, 1.165) is 5.56 Å². The lowest BCUT2D eigenvalue weighted by Crippen LogP contribution is -2.16. The van der Waals surface area contributed by atoms with Gasteiger partial charge in [0.2, 0.25) is 0 Å². The molecule has 0 bridgehead atoms. The minimum absolute atomic E-state index is 0.0314. The zero-order valence-electron chi connectivity index (χ0n) is 11.5. The highest BCUT2D eigenvalue weighted by Gasteiger charge is 2.22. The summed E-state index contributed by atoms with van der Waals surface area (Å²) in [4.78, 5) is 11.0. The fourth-order valence-corrected chi connectivity index (χ4v) is 2.58. The first-order chi connectivity index (χ1) is 9.99. The number of rotatable bonds is 2. The Morgan fingerprint density at radius 3 is 2.76 bits per heavy atom. The van der Waals surface area contributed by atoms with Gasteiger partial charge in [-0.2, -0.15) is 5.10 Å². The molecule has 0 atom stereocenters. The van der Waals surface area contributed by atoms with Gasteiger partial charge in [-0.25, -0.2) is 4.79 Å². The number of hydrogen-bond acceptors (Lipinski definition) is 4. The summed E-state index contributed by atoms with van der Waals surface area (Å²) in [5.41, 5.74) is 2.01. The topological polar surface area (TPSA) is 73.6 Å². The van der Waals surface area contributed by atoms with Crippen LogP contribution in [0.15, 0.2) is 12.1 Å². The Balaban J connectivity index is 2.19. The van der Waals surface area contributed by atoms with E-state index in [4.69, 9.17) is 26.2 Å². The molecule has 7 heteroatoms. The molecule has 0 amide bonds. The molecule has 2 heterocycles. The number of fused-ring (bicyclic) bond motifs is 1. The second kappa shape index (κ2) is 4.96. The number of carbonyl (C=O) groups is 1. The van der Waals surface area contributed by atoms with E-state index in [2.05, 4.69) is 5.10 Å². The smallest absolute Gasteiger partial charge is 0.356 e. The van der Waals surface area contributed by atoms with Gasteiger partial charge in [0.15, 0.2) is 17.2 Å². The van der Waals surface area contributed by atoms with Gasteiger partial charge in [-0.3, -0.25) is 4.68 Å². The highest BCUT2D eigenvalue weighted by atomic mass is 35.5. The number of aromatic carboxylic acids is 1. The van der Waals surface area contributed by atoms with Crippen molar-refractivity contribution in [1.82, 2.24) is 9.78 Å². The van der Waals surface area contributed by atoms with Crippen molar-refractivity contribution in [3.63, 3.8) is 0 Å². The second-order valence-electron chi connectivity index (χ2n) is 4.73. The molecule has 1 aromatic heterocycles. The van der Waals surface area contributed by atoms with Crippen LogP contribution in [0.5, 0.6) is 11.5 Å². The van der Waals surface area contributed by atoms with Crippen molar-refractivity contribution in [3.8, 4) is 22.8 Å². The Bertz CT molecular complexity index is 739. The molecule has 0 unspecified atom stereocenters. The summed E-state index contributed by atoms with van der Waals surface area (Å²) in [5.74, 6) is 0.161. The van der Waals surface area contributed by atoms with E-state index < -0.39 is 5.97 Å². The van der Waals surface area contributed by atoms with Crippen LogP contribution in [0.2, 0.25) is 5.02 Å². The first kappa shape index (κ1) is 13.8. The predicted molar refractivity (Wildman–Crippen MR) is 76.3 cm³/mol. The van der Waals surface area contributed by atoms with Crippen molar-refractivity contribution in [2.45, 2.75) is 6.92 Å². The Morgan fingerprint density at radius 1 is 1.38 bits per heavy atom. The number of carboxylic acids is 1. The van der Waals surface area contributed by atoms with Gasteiger partial charge < -0.3 is 14.6 Å². The molecule has 1 aromatic carbocycles. The van der Waals surface area contributed by atoms with Gasteiger partial charge in [-0.1, -0.05) is 11.6 Å². The van der Waals surface area contributed by atoms with Gasteiger partial charge >= 0.3 is 5.97 Å². The molecule has 6 nitrogen and oxygen atoms in total. The Hall–Kier alpha value is -2.21. The molecule has 0 aliphatic carbocycles. The van der Waals surface area contributed by atoms with Crippen LogP contribution >= 0.6 is 11.6 Å². The number of hydrogen-bond donors (Lipinski definition) is 1. The molecule has 0 radical (unpaired) electrons. The molecule has 1 aliphatic heterocycles. The lowest BCUT2D eigenvalue weighted by molar-refractivity contribution is 0.0689. The summed E-state index contributed by atoms with van der Waals surface area (Å²) >= 11 is 6.40. The van der Waals surface area contributed by atoms with E-state index in [1.807, 2.05) is 6.92 Å². The SMILES string of the molecule is Cc1c(Cl)c(-c2cc(C(=O)O)nn2C)cc2c1OCCO2. The van der Waals surface area contributed by atoms with Crippen LogP contribution in [0, 0.1) is 6.92 Å². The highest BCUT2D eigenvalue weighted by molar-refractivity contribution is 6.34. The van der Waals surface area contributed by atoms with Gasteiger partial charge in [0.1, 0.15) is 13.2 Å². The molecular weight excluding hydrogens is 296 g/mol. The van der Waals surface area contributed by atoms with Crippen molar-refractivity contribution in [1.29, 1.82) is 0 Å². The van der Waals surface area contributed by atoms with E-state index in [0.29, 0.717) is 41.0 Å². The lowest BCUT2D eigenvalue weighted by atomic mass is 10.1. The van der Waals surface area contributed by atoms with Gasteiger partial charge in [0.25, 0.3) is 0 Å². The minimum Gasteiger partial charge on any atom is -0.486 e. The van der Waals surface area contributed by atoms with Crippen molar-refractivity contribution in [2.75, 3.05) is 13.2 Å². The number of aryl methyl sites for hydroxylation is 1. The zero-order chi connectivity index (χ0) is 15.1. The summed E-state index contributed by atoms with van der Waals surface area (Å²) in [7, 11) is 1.67. The molecule has 110 valence electrons. The molecule has 0 fully saturated rings. The molecule has 21 heavy (non-hydrogen) atoms. The van der Waals surface area contributed by atoms with Gasteiger partial charge in [-0.05, 0) is 19.1 Å². The summed E-state index contributed by atoms with van der Waals surface area (Å²) in [6, 6.07) is 3.24. The molecule has 2 aromatic rings. The van der Waals surface area contributed by atoms with Crippen LogP contribution in [0.3, 0.4) is 0 Å². The van der Waals surface area contributed by atoms with E-state index >= 15 is 0 Å². The van der Waals surface area contributed by atoms with Crippen LogP contribution < -0.4 is 9.47 Å². The fraction of sp³-hybridized carbons (Fsp3) is 0.286. The Morgan fingerprint density at radius 2 is 2.10 bits per heavy atom. The number of aromatic nitrogens is 2. The minimum atomic E-state index is -1.08. The van der Waals surface area contributed by atoms with E-state index in [1.54, 1.807) is 13.1 Å². The van der Waals surface area contributed by atoms with Crippen LogP contribution in [0.25, 0.3) is 11.3 Å². The fourth-order valence-electron chi connectivity index (χ4n) is 2.34. The van der Waals surface area contributed by atoms with Crippen molar-refractivity contribution in [2.24, 2.45) is 7.05 Å². The van der Waals surface area contributed by atoms with Crippen molar-refractivity contribution < 1.29 is 19.4 Å². The number of nitrogens with zero attached hydrogens (tertiary/aromatic N) is 2. The molecular formula is C14H13ClN2O4. The zero-order valence-corrected chi connectivity index (χ0v) is 12.3. The van der Waals surface area contributed by atoms with Crippen LogP contribution in [-0.4, -0.2) is 34.1 Å². The summed E-state index contributed by atoms with van der Waals surface area (Å²) in [6.07, 6.45) is 0. The van der Waals surface area contributed by atoms with E-state index in [-0.39, 0.29) is 5.69 Å². The molecule has 1 N–H and O–H groups in total. The number of carboxylic acid groups (broad SMARTS) is 1.